The molecule has 0 saturated heterocycles. The van der Waals surface area contributed by atoms with E-state index in [0.717, 1.165) is 17.9 Å². The molecule has 0 radical (unpaired) electrons. The van der Waals surface area contributed by atoms with Gasteiger partial charge >= 0.3 is 0 Å². The summed E-state index contributed by atoms with van der Waals surface area (Å²) in [5.74, 6) is 1.23. The lowest BCUT2D eigenvalue weighted by atomic mass is 10.1. The molecule has 1 atom stereocenters. The lowest BCUT2D eigenvalue weighted by Gasteiger charge is -2.08. The Morgan fingerprint density at radius 2 is 2.47 bits per heavy atom. The lowest BCUT2D eigenvalue weighted by Crippen LogP contribution is -2.30. The minimum Gasteiger partial charge on any atom is -0.355 e. The number of carbonyl (C=O) groups excluding carboxylic acids is 1. The minimum absolute atomic E-state index is 0.156. The van der Waals surface area contributed by atoms with Gasteiger partial charge in [0, 0.05) is 6.54 Å². The predicted molar refractivity (Wildman–Crippen MR) is 64.5 cm³/mol. The highest BCUT2D eigenvalue weighted by Gasteiger charge is 2.16. The van der Waals surface area contributed by atoms with Gasteiger partial charge in [-0.1, -0.05) is 13.0 Å². The fourth-order valence-corrected chi connectivity index (χ4v) is 1.71. The molecule has 0 aromatic rings. The van der Waals surface area contributed by atoms with Crippen LogP contribution in [0.4, 0.5) is 0 Å². The molecule has 0 aliphatic carbocycles. The van der Waals surface area contributed by atoms with Crippen molar-refractivity contribution in [1.29, 1.82) is 5.26 Å². The molecule has 1 amide bonds. The maximum atomic E-state index is 11.5. The molecule has 0 heterocycles. The summed E-state index contributed by atoms with van der Waals surface area (Å²) in [4.78, 5) is 11.5. The van der Waals surface area contributed by atoms with Crippen LogP contribution in [0.25, 0.3) is 0 Å². The number of hydrogen-bond acceptors (Lipinski definition) is 3. The highest BCUT2D eigenvalue weighted by molar-refractivity contribution is 7.99. The third-order valence-corrected chi connectivity index (χ3v) is 2.81. The Hall–Kier alpha value is -0.950. The van der Waals surface area contributed by atoms with Crippen molar-refractivity contribution in [2.24, 2.45) is 5.92 Å². The smallest absolute Gasteiger partial charge is 0.237 e. The Labute approximate surface area is 95.9 Å². The molecule has 0 bridgehead atoms. The zero-order chi connectivity index (χ0) is 11.5. The molecule has 84 valence electrons. The average molecular weight is 226 g/mol. The van der Waals surface area contributed by atoms with Crippen LogP contribution in [0.1, 0.15) is 19.8 Å². The maximum Gasteiger partial charge on any atom is 0.237 e. The van der Waals surface area contributed by atoms with Gasteiger partial charge in [-0.3, -0.25) is 4.79 Å². The largest absolute Gasteiger partial charge is 0.355 e. The van der Waals surface area contributed by atoms with Crippen molar-refractivity contribution in [3.63, 3.8) is 0 Å². The monoisotopic (exact) mass is 226 g/mol. The van der Waals surface area contributed by atoms with Gasteiger partial charge < -0.3 is 5.32 Å². The molecule has 4 heteroatoms. The Morgan fingerprint density at radius 3 is 3.00 bits per heavy atom. The van der Waals surface area contributed by atoms with Gasteiger partial charge in [-0.25, -0.2) is 0 Å². The fraction of sp³-hybridized carbons (Fsp3) is 0.636. The first-order valence-electron chi connectivity index (χ1n) is 5.12. The quantitative estimate of drug-likeness (QED) is 0.508. The van der Waals surface area contributed by atoms with Crippen molar-refractivity contribution in [2.45, 2.75) is 19.8 Å². The van der Waals surface area contributed by atoms with Crippen molar-refractivity contribution >= 4 is 17.7 Å². The van der Waals surface area contributed by atoms with Gasteiger partial charge in [0.15, 0.2) is 0 Å². The first-order valence-corrected chi connectivity index (χ1v) is 6.27. The number of rotatable bonds is 8. The minimum atomic E-state index is -0.506. The van der Waals surface area contributed by atoms with Crippen molar-refractivity contribution in [3.8, 4) is 6.07 Å². The molecule has 0 rings (SSSR count). The van der Waals surface area contributed by atoms with Crippen LogP contribution in [0, 0.1) is 17.2 Å². The van der Waals surface area contributed by atoms with Crippen molar-refractivity contribution in [1.82, 2.24) is 5.32 Å². The zero-order valence-corrected chi connectivity index (χ0v) is 9.98. The van der Waals surface area contributed by atoms with Gasteiger partial charge in [0.1, 0.15) is 5.92 Å². The summed E-state index contributed by atoms with van der Waals surface area (Å²) in [6.07, 6.45) is 3.12. The molecular formula is C11H18N2OS. The Kier molecular flexibility index (Phi) is 8.99. The van der Waals surface area contributed by atoms with Crippen LogP contribution in [0.15, 0.2) is 12.7 Å². The number of nitriles is 1. The lowest BCUT2D eigenvalue weighted by molar-refractivity contribution is -0.123. The van der Waals surface area contributed by atoms with Gasteiger partial charge in [-0.15, -0.1) is 6.58 Å². The highest BCUT2D eigenvalue weighted by atomic mass is 32.2. The van der Waals surface area contributed by atoms with E-state index in [1.807, 2.05) is 6.07 Å². The molecular weight excluding hydrogens is 208 g/mol. The van der Waals surface area contributed by atoms with Crippen molar-refractivity contribution in [2.75, 3.05) is 18.1 Å². The van der Waals surface area contributed by atoms with Crippen LogP contribution in [-0.2, 0) is 4.79 Å². The standard InChI is InChI=1S/C11H18N2OS/c1-3-5-7-13-11(14)10(9-12)6-8-15-4-2/h3,10H,1,4-8H2,2H3,(H,13,14). The number of hydrogen-bond donors (Lipinski definition) is 1. The first-order chi connectivity index (χ1) is 7.26. The molecule has 0 aliphatic rings. The SMILES string of the molecule is C=CCCNC(=O)C(C#N)CCSCC. The number of thioether (sulfide) groups is 1. The number of nitrogens with zero attached hydrogens (tertiary/aromatic N) is 1. The van der Waals surface area contributed by atoms with Crippen LogP contribution in [-0.4, -0.2) is 24.0 Å². The normalized spacial score (nSPS) is 11.5. The summed E-state index contributed by atoms with van der Waals surface area (Å²) in [6.45, 7) is 6.20. The Bertz CT molecular complexity index is 235. The highest BCUT2D eigenvalue weighted by Crippen LogP contribution is 2.09. The van der Waals surface area contributed by atoms with E-state index in [0.29, 0.717) is 13.0 Å². The van der Waals surface area contributed by atoms with Gasteiger partial charge in [0.25, 0.3) is 0 Å². The number of carbonyl (C=O) groups is 1. The molecule has 3 nitrogen and oxygen atoms in total. The van der Waals surface area contributed by atoms with Crippen LogP contribution < -0.4 is 5.32 Å². The topological polar surface area (TPSA) is 52.9 Å². The van der Waals surface area contributed by atoms with E-state index in [4.69, 9.17) is 5.26 Å². The molecule has 0 aromatic carbocycles. The van der Waals surface area contributed by atoms with Gasteiger partial charge in [0.2, 0.25) is 5.91 Å². The molecule has 0 saturated carbocycles. The second kappa shape index (κ2) is 9.60. The Morgan fingerprint density at radius 1 is 1.73 bits per heavy atom. The van der Waals surface area contributed by atoms with E-state index < -0.39 is 5.92 Å². The Balaban J connectivity index is 3.79. The summed E-state index contributed by atoms with van der Waals surface area (Å²) in [5.41, 5.74) is 0. The average Bonchev–Trinajstić information content (AvgIpc) is 2.24. The van der Waals surface area contributed by atoms with E-state index in [-0.39, 0.29) is 5.91 Å². The number of nitrogens with one attached hydrogen (secondary N) is 1. The summed E-state index contributed by atoms with van der Waals surface area (Å²) in [7, 11) is 0. The van der Waals surface area contributed by atoms with Crippen molar-refractivity contribution in [3.05, 3.63) is 12.7 Å². The van der Waals surface area contributed by atoms with Crippen LogP contribution in [0.3, 0.4) is 0 Å². The van der Waals surface area contributed by atoms with E-state index in [1.54, 1.807) is 17.8 Å². The van der Waals surface area contributed by atoms with Crippen molar-refractivity contribution < 1.29 is 4.79 Å². The van der Waals surface area contributed by atoms with Gasteiger partial charge in [0.05, 0.1) is 6.07 Å². The maximum absolute atomic E-state index is 11.5. The summed E-state index contributed by atoms with van der Waals surface area (Å²) >= 11 is 1.75. The molecule has 0 aliphatic heterocycles. The molecule has 0 spiro atoms. The third-order valence-electron chi connectivity index (χ3n) is 1.88. The second-order valence-corrected chi connectivity index (χ2v) is 4.43. The van der Waals surface area contributed by atoms with Crippen LogP contribution >= 0.6 is 11.8 Å². The second-order valence-electron chi connectivity index (χ2n) is 3.04. The summed E-state index contributed by atoms with van der Waals surface area (Å²) in [6, 6.07) is 2.04. The van der Waals surface area contributed by atoms with Crippen LogP contribution in [0.5, 0.6) is 0 Å². The van der Waals surface area contributed by atoms with E-state index in [2.05, 4.69) is 18.8 Å². The molecule has 0 fully saturated rings. The predicted octanol–water partition coefficient (Wildman–Crippen LogP) is 1.96. The molecule has 1 N–H and O–H groups in total. The van der Waals surface area contributed by atoms with E-state index in [9.17, 15) is 4.79 Å². The molecule has 15 heavy (non-hydrogen) atoms. The number of amides is 1. The van der Waals surface area contributed by atoms with E-state index in [1.165, 1.54) is 0 Å². The zero-order valence-electron chi connectivity index (χ0n) is 9.16. The summed E-state index contributed by atoms with van der Waals surface area (Å²) in [5, 5.41) is 11.5. The first kappa shape index (κ1) is 14.1. The third kappa shape index (κ3) is 7.03. The van der Waals surface area contributed by atoms with Gasteiger partial charge in [-0.05, 0) is 24.3 Å². The van der Waals surface area contributed by atoms with E-state index >= 15 is 0 Å². The molecule has 1 unspecified atom stereocenters. The fourth-order valence-electron chi connectivity index (χ4n) is 1.02. The van der Waals surface area contributed by atoms with Gasteiger partial charge in [-0.2, -0.15) is 17.0 Å². The summed E-state index contributed by atoms with van der Waals surface area (Å²) < 4.78 is 0. The molecule has 0 aromatic heterocycles. The van der Waals surface area contributed by atoms with Crippen LogP contribution in [0.2, 0.25) is 0 Å².